The Morgan fingerprint density at radius 3 is 2.17 bits per heavy atom. The Kier molecular flexibility index (Phi) is 9.68. The van der Waals surface area contributed by atoms with Crippen molar-refractivity contribution in [3.63, 3.8) is 0 Å². The summed E-state index contributed by atoms with van der Waals surface area (Å²) in [5.74, 6) is -1.34. The summed E-state index contributed by atoms with van der Waals surface area (Å²) in [6.45, 7) is 10.5. The molecule has 0 amide bonds. The zero-order valence-electron chi connectivity index (χ0n) is 18.4. The number of anilines is 1. The maximum absolute atomic E-state index is 13.1. The molecule has 0 radical (unpaired) electrons. The first kappa shape index (κ1) is 25.8. The summed E-state index contributed by atoms with van der Waals surface area (Å²) in [7, 11) is -3.61. The van der Waals surface area contributed by atoms with Crippen LogP contribution in [0.1, 0.15) is 47.1 Å². The number of hydrogen-bond acceptors (Lipinski definition) is 9. The van der Waals surface area contributed by atoms with Crippen molar-refractivity contribution in [2.24, 2.45) is 0 Å². The van der Waals surface area contributed by atoms with Gasteiger partial charge in [0.1, 0.15) is 17.9 Å². The standard InChI is InChI=1S/C20H31N2O7P/c1-7-26-19(24)18(21)15-11-10-14(30(25,27-8-2)28-9-3)12-16(15)22-13-17(23)29-20(4,5)6/h10-12,21-22H,7-9,13H2,1-6H3. The molecule has 0 unspecified atom stereocenters. The van der Waals surface area contributed by atoms with Crippen molar-refractivity contribution >= 4 is 36.2 Å². The lowest BCUT2D eigenvalue weighted by molar-refractivity contribution is -0.152. The lowest BCUT2D eigenvalue weighted by atomic mass is 10.1. The highest BCUT2D eigenvalue weighted by molar-refractivity contribution is 7.62. The third-order valence-electron chi connectivity index (χ3n) is 3.51. The van der Waals surface area contributed by atoms with Crippen LogP contribution in [0.15, 0.2) is 18.2 Å². The summed E-state index contributed by atoms with van der Waals surface area (Å²) in [6, 6.07) is 4.35. The van der Waals surface area contributed by atoms with Crippen molar-refractivity contribution in [3.8, 4) is 0 Å². The van der Waals surface area contributed by atoms with E-state index in [9.17, 15) is 14.2 Å². The van der Waals surface area contributed by atoms with Crippen LogP contribution in [0.3, 0.4) is 0 Å². The van der Waals surface area contributed by atoms with Gasteiger partial charge in [0, 0.05) is 11.3 Å². The summed E-state index contributed by atoms with van der Waals surface area (Å²) in [5, 5.41) is 11.2. The summed E-state index contributed by atoms with van der Waals surface area (Å²) in [5.41, 5.74) is -0.658. The minimum Gasteiger partial charge on any atom is -0.461 e. The van der Waals surface area contributed by atoms with Crippen molar-refractivity contribution in [1.29, 1.82) is 5.41 Å². The first-order chi connectivity index (χ1) is 14.0. The number of carbonyl (C=O) groups is 2. The highest BCUT2D eigenvalue weighted by Crippen LogP contribution is 2.47. The van der Waals surface area contributed by atoms with Crippen LogP contribution in [-0.4, -0.2) is 49.6 Å². The van der Waals surface area contributed by atoms with Crippen LogP contribution < -0.4 is 10.6 Å². The monoisotopic (exact) mass is 442 g/mol. The van der Waals surface area contributed by atoms with E-state index in [1.807, 2.05) is 0 Å². The van der Waals surface area contributed by atoms with Gasteiger partial charge in [-0.15, -0.1) is 0 Å². The predicted molar refractivity (Wildman–Crippen MR) is 115 cm³/mol. The first-order valence-corrected chi connectivity index (χ1v) is 11.3. The van der Waals surface area contributed by atoms with Crippen LogP contribution in [0.25, 0.3) is 0 Å². The Morgan fingerprint density at radius 1 is 1.07 bits per heavy atom. The van der Waals surface area contributed by atoms with Gasteiger partial charge in [-0.25, -0.2) is 4.79 Å². The molecule has 168 valence electrons. The minimum absolute atomic E-state index is 0.115. The van der Waals surface area contributed by atoms with Gasteiger partial charge in [-0.1, -0.05) is 0 Å². The smallest absolute Gasteiger partial charge is 0.361 e. The Labute approximate surface area is 177 Å². The number of hydrogen-bond donors (Lipinski definition) is 2. The van der Waals surface area contributed by atoms with Gasteiger partial charge in [0.05, 0.1) is 25.1 Å². The van der Waals surface area contributed by atoms with Crippen molar-refractivity contribution in [3.05, 3.63) is 23.8 Å². The van der Waals surface area contributed by atoms with Crippen LogP contribution in [0.2, 0.25) is 0 Å². The van der Waals surface area contributed by atoms with E-state index in [4.69, 9.17) is 23.9 Å². The molecule has 1 rings (SSSR count). The van der Waals surface area contributed by atoms with Gasteiger partial charge in [0.25, 0.3) is 0 Å². The van der Waals surface area contributed by atoms with E-state index in [0.717, 1.165) is 0 Å². The molecule has 0 aliphatic rings. The summed E-state index contributed by atoms with van der Waals surface area (Å²) in [4.78, 5) is 24.1. The molecule has 0 heterocycles. The lowest BCUT2D eigenvalue weighted by Gasteiger charge is -2.21. The largest absolute Gasteiger partial charge is 0.461 e. The summed E-state index contributed by atoms with van der Waals surface area (Å²) >= 11 is 0. The van der Waals surface area contributed by atoms with Crippen LogP contribution in [0, 0.1) is 5.41 Å². The Balaban J connectivity index is 3.31. The Bertz CT molecular complexity index is 808. The third kappa shape index (κ3) is 7.55. The van der Waals surface area contributed by atoms with Crippen LogP contribution in [-0.2, 0) is 32.7 Å². The molecule has 0 aromatic heterocycles. The SMILES string of the molecule is CCOC(=O)C(=N)c1ccc(P(=O)(OCC)OCC)cc1NCC(=O)OC(C)(C)C. The molecule has 0 saturated heterocycles. The Hall–Kier alpha value is -2.22. The van der Waals surface area contributed by atoms with Crippen molar-refractivity contribution < 1.29 is 32.7 Å². The number of ether oxygens (including phenoxy) is 2. The molecule has 0 atom stereocenters. The molecule has 0 spiro atoms. The second-order valence-corrected chi connectivity index (χ2v) is 9.13. The predicted octanol–water partition coefficient (Wildman–Crippen LogP) is 3.26. The van der Waals surface area contributed by atoms with E-state index in [0.29, 0.717) is 0 Å². The third-order valence-corrected chi connectivity index (χ3v) is 5.62. The van der Waals surface area contributed by atoms with Gasteiger partial charge in [0.15, 0.2) is 0 Å². The number of nitrogens with one attached hydrogen (secondary N) is 2. The van der Waals surface area contributed by atoms with Crippen LogP contribution >= 0.6 is 7.60 Å². The zero-order chi connectivity index (χ0) is 22.9. The highest BCUT2D eigenvalue weighted by atomic mass is 31.2. The first-order valence-electron chi connectivity index (χ1n) is 9.72. The van der Waals surface area contributed by atoms with Crippen molar-refractivity contribution in [2.75, 3.05) is 31.7 Å². The molecule has 1 aromatic rings. The fourth-order valence-corrected chi connectivity index (χ4v) is 4.05. The minimum atomic E-state index is -3.61. The van der Waals surface area contributed by atoms with E-state index in [2.05, 4.69) is 5.32 Å². The summed E-state index contributed by atoms with van der Waals surface area (Å²) in [6.07, 6.45) is 0. The molecule has 0 saturated carbocycles. The van der Waals surface area contributed by atoms with Crippen LogP contribution in [0.4, 0.5) is 5.69 Å². The van der Waals surface area contributed by atoms with E-state index >= 15 is 0 Å². The molecule has 0 bridgehead atoms. The van der Waals surface area contributed by atoms with Gasteiger partial charge in [0.2, 0.25) is 0 Å². The fraction of sp³-hybridized carbons (Fsp3) is 0.550. The maximum Gasteiger partial charge on any atom is 0.361 e. The molecular formula is C20H31N2O7P. The molecule has 2 N–H and O–H groups in total. The quantitative estimate of drug-likeness (QED) is 0.304. The van der Waals surface area contributed by atoms with E-state index in [1.165, 1.54) is 18.2 Å². The highest BCUT2D eigenvalue weighted by Gasteiger charge is 2.29. The molecule has 30 heavy (non-hydrogen) atoms. The molecular weight excluding hydrogens is 411 g/mol. The van der Waals surface area contributed by atoms with Crippen LogP contribution in [0.5, 0.6) is 0 Å². The molecule has 0 aliphatic heterocycles. The molecule has 0 fully saturated rings. The number of benzene rings is 1. The lowest BCUT2D eigenvalue weighted by Crippen LogP contribution is -2.29. The van der Waals surface area contributed by atoms with Gasteiger partial charge in [-0.2, -0.15) is 0 Å². The summed E-state index contributed by atoms with van der Waals surface area (Å²) < 4.78 is 34.0. The Morgan fingerprint density at radius 2 is 1.67 bits per heavy atom. The number of rotatable bonds is 11. The van der Waals surface area contributed by atoms with Gasteiger partial charge >= 0.3 is 19.5 Å². The molecule has 10 heteroatoms. The van der Waals surface area contributed by atoms with Gasteiger partial charge in [-0.3, -0.25) is 14.8 Å². The maximum atomic E-state index is 13.1. The molecule has 0 aliphatic carbocycles. The second-order valence-electron chi connectivity index (χ2n) is 7.10. The van der Waals surface area contributed by atoms with E-state index in [1.54, 1.807) is 41.5 Å². The van der Waals surface area contributed by atoms with Crippen molar-refractivity contribution in [1.82, 2.24) is 0 Å². The van der Waals surface area contributed by atoms with Gasteiger partial charge < -0.3 is 23.8 Å². The molecule has 1 aromatic carbocycles. The average Bonchev–Trinajstić information content (AvgIpc) is 2.65. The van der Waals surface area contributed by atoms with E-state index < -0.39 is 30.8 Å². The second kappa shape index (κ2) is 11.2. The van der Waals surface area contributed by atoms with Gasteiger partial charge in [-0.05, 0) is 59.7 Å². The number of esters is 2. The zero-order valence-corrected chi connectivity index (χ0v) is 19.3. The number of carbonyl (C=O) groups excluding carboxylic acids is 2. The van der Waals surface area contributed by atoms with E-state index in [-0.39, 0.29) is 42.9 Å². The average molecular weight is 442 g/mol. The fourth-order valence-electron chi connectivity index (χ4n) is 2.45. The normalized spacial score (nSPS) is 11.7. The topological polar surface area (TPSA) is 124 Å². The molecule has 9 nitrogen and oxygen atoms in total. The van der Waals surface area contributed by atoms with Crippen molar-refractivity contribution in [2.45, 2.75) is 47.1 Å².